The summed E-state index contributed by atoms with van der Waals surface area (Å²) in [7, 11) is -3.52. The number of piperazine rings is 1. The molecule has 0 spiro atoms. The molecule has 2 heterocycles. The Morgan fingerprint density at radius 3 is 2.30 bits per heavy atom. The Hall–Kier alpha value is -2.85. The van der Waals surface area contributed by atoms with Crippen LogP contribution in [0.5, 0.6) is 0 Å². The van der Waals surface area contributed by atoms with Crippen LogP contribution in [0.1, 0.15) is 28.9 Å². The predicted octanol–water partition coefficient (Wildman–Crippen LogP) is 3.64. The van der Waals surface area contributed by atoms with E-state index in [1.807, 2.05) is 35.2 Å². The Kier molecular flexibility index (Phi) is 7.04. The third-order valence-corrected chi connectivity index (χ3v) is 8.90. The quantitative estimate of drug-likeness (QED) is 0.519. The number of hydrogen-bond acceptors (Lipinski definition) is 6. The lowest BCUT2D eigenvalue weighted by molar-refractivity contribution is -0.122. The molecule has 0 saturated carbocycles. The van der Waals surface area contributed by atoms with Crippen molar-refractivity contribution in [2.45, 2.75) is 17.2 Å². The first kappa shape index (κ1) is 23.3. The van der Waals surface area contributed by atoms with Crippen LogP contribution in [0.2, 0.25) is 0 Å². The number of rotatable bonds is 7. The van der Waals surface area contributed by atoms with E-state index in [-0.39, 0.29) is 11.7 Å². The molecule has 1 N–H and O–H groups in total. The highest BCUT2D eigenvalue weighted by Gasteiger charge is 2.34. The first-order valence-corrected chi connectivity index (χ1v) is 12.9. The van der Waals surface area contributed by atoms with Gasteiger partial charge in [-0.25, -0.2) is 8.42 Å². The minimum atomic E-state index is -3.52. The summed E-state index contributed by atoms with van der Waals surface area (Å²) in [6.07, 6.45) is 0. The lowest BCUT2D eigenvalue weighted by Crippen LogP contribution is -2.51. The smallest absolute Gasteiger partial charge is 0.252 e. The van der Waals surface area contributed by atoms with Gasteiger partial charge in [0, 0.05) is 37.4 Å². The molecular formula is C24H25N3O4S2. The molecule has 9 heteroatoms. The van der Waals surface area contributed by atoms with Gasteiger partial charge in [-0.1, -0.05) is 48.5 Å². The first-order chi connectivity index (χ1) is 15.9. The molecule has 1 fully saturated rings. The topological polar surface area (TPSA) is 86.8 Å². The summed E-state index contributed by atoms with van der Waals surface area (Å²) in [6.45, 7) is 2.93. The van der Waals surface area contributed by atoms with Crippen LogP contribution in [-0.2, 0) is 14.8 Å². The van der Waals surface area contributed by atoms with Crippen molar-refractivity contribution in [1.82, 2.24) is 9.21 Å². The number of carbonyl (C=O) groups is 2. The standard InChI is InChI=1S/C24H25N3O4S2/c1-18(28)20-9-5-10-21(17-20)25-24(29)23(19-7-3-2-4-8-19)26-12-14-27(15-13-26)33(30,31)22-11-6-16-32-22/h2-11,16-17,23H,12-15H2,1H3,(H,25,29)/t23-/m1/s1. The average Bonchev–Trinajstić information content (AvgIpc) is 3.36. The number of Topliss-reactive ketones (excluding diaryl/α,β-unsaturated/α-hetero) is 1. The highest BCUT2D eigenvalue weighted by Crippen LogP contribution is 2.27. The van der Waals surface area contributed by atoms with Gasteiger partial charge in [-0.05, 0) is 36.1 Å². The normalized spacial score (nSPS) is 16.3. The Morgan fingerprint density at radius 1 is 0.939 bits per heavy atom. The summed E-state index contributed by atoms with van der Waals surface area (Å²) in [6, 6.07) is 19.0. The maximum Gasteiger partial charge on any atom is 0.252 e. The van der Waals surface area contributed by atoms with Crippen LogP contribution in [0.15, 0.2) is 76.3 Å². The molecule has 1 aliphatic heterocycles. The number of benzene rings is 2. The maximum absolute atomic E-state index is 13.4. The molecule has 172 valence electrons. The zero-order valence-electron chi connectivity index (χ0n) is 18.2. The summed E-state index contributed by atoms with van der Waals surface area (Å²) >= 11 is 1.21. The fourth-order valence-electron chi connectivity index (χ4n) is 3.93. The summed E-state index contributed by atoms with van der Waals surface area (Å²) in [5.41, 5.74) is 1.90. The fraction of sp³-hybridized carbons (Fsp3) is 0.250. The van der Waals surface area contributed by atoms with Gasteiger partial charge in [0.25, 0.3) is 10.0 Å². The van der Waals surface area contributed by atoms with Crippen LogP contribution in [-0.4, -0.2) is 55.5 Å². The monoisotopic (exact) mass is 483 g/mol. The van der Waals surface area contributed by atoms with Gasteiger partial charge in [0.15, 0.2) is 5.78 Å². The number of anilines is 1. The molecule has 1 atom stereocenters. The van der Waals surface area contributed by atoms with Crippen molar-refractivity contribution in [2.75, 3.05) is 31.5 Å². The van der Waals surface area contributed by atoms with Crippen molar-refractivity contribution in [3.8, 4) is 0 Å². The molecule has 1 aromatic heterocycles. The number of hydrogen-bond donors (Lipinski definition) is 1. The SMILES string of the molecule is CC(=O)c1cccc(NC(=O)[C@@H](c2ccccc2)N2CCN(S(=O)(=O)c3cccs3)CC2)c1. The molecule has 33 heavy (non-hydrogen) atoms. The van der Waals surface area contributed by atoms with E-state index in [0.717, 1.165) is 5.56 Å². The van der Waals surface area contributed by atoms with Crippen molar-refractivity contribution in [3.63, 3.8) is 0 Å². The van der Waals surface area contributed by atoms with Gasteiger partial charge in [-0.15, -0.1) is 11.3 Å². The van der Waals surface area contributed by atoms with E-state index in [2.05, 4.69) is 5.32 Å². The molecule has 3 aromatic rings. The molecule has 1 aliphatic rings. The summed E-state index contributed by atoms with van der Waals surface area (Å²) in [5.74, 6) is -0.301. The van der Waals surface area contributed by atoms with Crippen LogP contribution < -0.4 is 5.32 Å². The molecule has 7 nitrogen and oxygen atoms in total. The number of nitrogens with one attached hydrogen (secondary N) is 1. The summed E-state index contributed by atoms with van der Waals surface area (Å²) < 4.78 is 27.5. The second-order valence-corrected chi connectivity index (χ2v) is 10.9. The van der Waals surface area contributed by atoms with E-state index in [1.165, 1.54) is 22.6 Å². The van der Waals surface area contributed by atoms with Gasteiger partial charge in [0.05, 0.1) is 0 Å². The highest BCUT2D eigenvalue weighted by molar-refractivity contribution is 7.91. The van der Waals surface area contributed by atoms with E-state index in [9.17, 15) is 18.0 Å². The van der Waals surface area contributed by atoms with Gasteiger partial charge < -0.3 is 5.32 Å². The van der Waals surface area contributed by atoms with Gasteiger partial charge >= 0.3 is 0 Å². The fourth-order valence-corrected chi connectivity index (χ4v) is 6.50. The molecule has 0 aliphatic carbocycles. The van der Waals surface area contributed by atoms with Crippen LogP contribution in [0.3, 0.4) is 0 Å². The molecule has 2 aromatic carbocycles. The second kappa shape index (κ2) is 9.96. The van der Waals surface area contributed by atoms with Crippen LogP contribution in [0, 0.1) is 0 Å². The molecule has 0 radical (unpaired) electrons. The number of carbonyl (C=O) groups excluding carboxylic acids is 2. The predicted molar refractivity (Wildman–Crippen MR) is 129 cm³/mol. The van der Waals surface area contributed by atoms with Gasteiger partial charge in [-0.3, -0.25) is 14.5 Å². The lowest BCUT2D eigenvalue weighted by atomic mass is 10.0. The average molecular weight is 484 g/mol. The molecule has 1 saturated heterocycles. The number of thiophene rings is 1. The largest absolute Gasteiger partial charge is 0.324 e. The van der Waals surface area contributed by atoms with E-state index < -0.39 is 16.1 Å². The van der Waals surface area contributed by atoms with Crippen LogP contribution >= 0.6 is 11.3 Å². The summed E-state index contributed by atoms with van der Waals surface area (Å²) in [4.78, 5) is 27.1. The third kappa shape index (κ3) is 5.22. The van der Waals surface area contributed by atoms with Crippen molar-refractivity contribution in [3.05, 3.63) is 83.2 Å². The van der Waals surface area contributed by atoms with Crippen molar-refractivity contribution in [1.29, 1.82) is 0 Å². The zero-order chi connectivity index (χ0) is 23.4. The Labute approximate surface area is 197 Å². The van der Waals surface area contributed by atoms with Crippen LogP contribution in [0.4, 0.5) is 5.69 Å². The Balaban J connectivity index is 1.53. The van der Waals surface area contributed by atoms with Crippen molar-refractivity contribution >= 4 is 38.7 Å². The maximum atomic E-state index is 13.4. The summed E-state index contributed by atoms with van der Waals surface area (Å²) in [5, 5.41) is 4.68. The molecule has 1 amide bonds. The molecule has 4 rings (SSSR count). The second-order valence-electron chi connectivity index (χ2n) is 7.81. The third-order valence-electron chi connectivity index (χ3n) is 5.63. The van der Waals surface area contributed by atoms with Gasteiger partial charge in [0.1, 0.15) is 10.3 Å². The van der Waals surface area contributed by atoms with Crippen LogP contribution in [0.25, 0.3) is 0 Å². The highest BCUT2D eigenvalue weighted by atomic mass is 32.2. The Morgan fingerprint density at radius 2 is 1.67 bits per heavy atom. The minimum absolute atomic E-state index is 0.0752. The molecule has 0 unspecified atom stereocenters. The number of nitrogens with zero attached hydrogens (tertiary/aromatic N) is 2. The molecule has 0 bridgehead atoms. The zero-order valence-corrected chi connectivity index (χ0v) is 19.8. The minimum Gasteiger partial charge on any atom is -0.324 e. The number of amides is 1. The van der Waals surface area contributed by atoms with Crippen molar-refractivity contribution in [2.24, 2.45) is 0 Å². The first-order valence-electron chi connectivity index (χ1n) is 10.6. The van der Waals surface area contributed by atoms with Gasteiger partial charge in [-0.2, -0.15) is 4.31 Å². The van der Waals surface area contributed by atoms with Gasteiger partial charge in [0.2, 0.25) is 5.91 Å². The van der Waals surface area contributed by atoms with E-state index in [4.69, 9.17) is 0 Å². The van der Waals surface area contributed by atoms with E-state index in [1.54, 1.807) is 41.8 Å². The van der Waals surface area contributed by atoms with E-state index >= 15 is 0 Å². The number of ketones is 1. The van der Waals surface area contributed by atoms with Crippen molar-refractivity contribution < 1.29 is 18.0 Å². The van der Waals surface area contributed by atoms with E-state index in [0.29, 0.717) is 41.6 Å². The molecular weight excluding hydrogens is 458 g/mol. The lowest BCUT2D eigenvalue weighted by Gasteiger charge is -2.38. The Bertz CT molecular complexity index is 1220. The number of sulfonamides is 1.